The smallest absolute Gasteiger partial charge is 0.371 e. The van der Waals surface area contributed by atoms with Crippen molar-refractivity contribution in [2.24, 2.45) is 0 Å². The van der Waals surface area contributed by atoms with Crippen LogP contribution in [0.3, 0.4) is 0 Å². The summed E-state index contributed by atoms with van der Waals surface area (Å²) in [5.74, 6) is -1.71. The first-order chi connectivity index (χ1) is 8.90. The predicted molar refractivity (Wildman–Crippen MR) is 63.0 cm³/mol. The second-order valence-electron chi connectivity index (χ2n) is 3.77. The molecule has 2 heterocycles. The van der Waals surface area contributed by atoms with Crippen molar-refractivity contribution in [2.45, 2.75) is 18.4 Å². The van der Waals surface area contributed by atoms with Crippen molar-refractivity contribution < 1.29 is 22.7 Å². The molecule has 0 aliphatic carbocycles. The van der Waals surface area contributed by atoms with Gasteiger partial charge in [-0.3, -0.25) is 5.10 Å². The van der Waals surface area contributed by atoms with Crippen molar-refractivity contribution in [3.05, 3.63) is 35.5 Å². The number of carboxylic acid groups (broad SMARTS) is 1. The van der Waals surface area contributed by atoms with E-state index in [0.29, 0.717) is 5.56 Å². The quantitative estimate of drug-likeness (QED) is 0.734. The van der Waals surface area contributed by atoms with Crippen molar-refractivity contribution >= 4 is 16.0 Å². The summed E-state index contributed by atoms with van der Waals surface area (Å²) in [5, 5.41) is 15.0. The molecular formula is C10H11N3O5S. The second kappa shape index (κ2) is 4.86. The maximum absolute atomic E-state index is 12.0. The zero-order valence-electron chi connectivity index (χ0n) is 9.87. The number of aromatic amines is 1. The first-order valence-corrected chi connectivity index (χ1v) is 6.69. The molecule has 0 radical (unpaired) electrons. The van der Waals surface area contributed by atoms with Crippen molar-refractivity contribution in [3.63, 3.8) is 0 Å². The highest BCUT2D eigenvalue weighted by molar-refractivity contribution is 7.89. The fourth-order valence-corrected chi connectivity index (χ4v) is 2.66. The first-order valence-electron chi connectivity index (χ1n) is 5.21. The molecule has 0 spiro atoms. The van der Waals surface area contributed by atoms with E-state index in [0.717, 1.165) is 6.07 Å². The molecule has 8 nitrogen and oxygen atoms in total. The van der Waals surface area contributed by atoms with Crippen LogP contribution in [0.4, 0.5) is 0 Å². The highest BCUT2D eigenvalue weighted by Gasteiger charge is 2.23. The lowest BCUT2D eigenvalue weighted by Crippen LogP contribution is -2.23. The van der Waals surface area contributed by atoms with Gasteiger partial charge in [-0.15, -0.1) is 0 Å². The lowest BCUT2D eigenvalue weighted by atomic mass is 10.4. The number of aryl methyl sites for hydroxylation is 1. The zero-order valence-corrected chi connectivity index (χ0v) is 10.7. The third-order valence-corrected chi connectivity index (χ3v) is 3.90. The fourth-order valence-electron chi connectivity index (χ4n) is 1.47. The highest BCUT2D eigenvalue weighted by atomic mass is 32.2. The predicted octanol–water partition coefficient (Wildman–Crippen LogP) is 0.488. The molecule has 0 saturated carbocycles. The number of nitrogens with zero attached hydrogens (tertiary/aromatic N) is 1. The molecule has 9 heteroatoms. The molecule has 2 aromatic heterocycles. The number of hydrogen-bond donors (Lipinski definition) is 3. The first kappa shape index (κ1) is 13.3. The Labute approximate surface area is 108 Å². The number of aromatic carboxylic acids is 1. The number of carbonyl (C=O) groups is 1. The molecule has 0 saturated heterocycles. The molecule has 102 valence electrons. The molecular weight excluding hydrogens is 274 g/mol. The molecule has 3 N–H and O–H groups in total. The normalized spacial score (nSPS) is 11.6. The topological polar surface area (TPSA) is 125 Å². The SMILES string of the molecule is Cc1oc(C(=O)O)cc1S(=O)(=O)NCc1cn[nH]c1. The van der Waals surface area contributed by atoms with Crippen LogP contribution in [-0.2, 0) is 16.6 Å². The van der Waals surface area contributed by atoms with Gasteiger partial charge in [0.05, 0.1) is 6.20 Å². The van der Waals surface area contributed by atoms with E-state index in [1.165, 1.54) is 13.1 Å². The van der Waals surface area contributed by atoms with Crippen LogP contribution in [0.2, 0.25) is 0 Å². The average Bonchev–Trinajstić information content (AvgIpc) is 2.95. The van der Waals surface area contributed by atoms with Crippen LogP contribution < -0.4 is 4.72 Å². The molecule has 0 atom stereocenters. The van der Waals surface area contributed by atoms with Crippen molar-refractivity contribution in [1.29, 1.82) is 0 Å². The van der Waals surface area contributed by atoms with Gasteiger partial charge in [-0.05, 0) is 6.92 Å². The van der Waals surface area contributed by atoms with Gasteiger partial charge in [-0.2, -0.15) is 5.10 Å². The van der Waals surface area contributed by atoms with Crippen LogP contribution in [0.25, 0.3) is 0 Å². The highest BCUT2D eigenvalue weighted by Crippen LogP contribution is 2.20. The number of carboxylic acids is 1. The van der Waals surface area contributed by atoms with E-state index < -0.39 is 21.8 Å². The molecule has 2 rings (SSSR count). The fraction of sp³-hybridized carbons (Fsp3) is 0.200. The minimum atomic E-state index is -3.83. The van der Waals surface area contributed by atoms with Gasteiger partial charge in [0.2, 0.25) is 15.8 Å². The summed E-state index contributed by atoms with van der Waals surface area (Å²) < 4.78 is 31.2. The van der Waals surface area contributed by atoms with Crippen molar-refractivity contribution in [3.8, 4) is 0 Å². The van der Waals surface area contributed by atoms with Gasteiger partial charge in [0.25, 0.3) is 0 Å². The number of aromatic nitrogens is 2. The Morgan fingerprint density at radius 3 is 2.84 bits per heavy atom. The van der Waals surface area contributed by atoms with Crippen LogP contribution in [-0.4, -0.2) is 29.7 Å². The van der Waals surface area contributed by atoms with Crippen LogP contribution >= 0.6 is 0 Å². The number of furan rings is 1. The molecule has 19 heavy (non-hydrogen) atoms. The summed E-state index contributed by atoms with van der Waals surface area (Å²) in [4.78, 5) is 10.5. The van der Waals surface area contributed by atoms with Gasteiger partial charge in [-0.25, -0.2) is 17.9 Å². The molecule has 0 fully saturated rings. The van der Waals surface area contributed by atoms with Gasteiger partial charge in [0, 0.05) is 24.4 Å². The molecule has 0 aliphatic rings. The van der Waals surface area contributed by atoms with Crippen molar-refractivity contribution in [1.82, 2.24) is 14.9 Å². The van der Waals surface area contributed by atoms with E-state index in [-0.39, 0.29) is 17.2 Å². The molecule has 0 aromatic carbocycles. The molecule has 0 bridgehead atoms. The Bertz CT molecular complexity index is 687. The van der Waals surface area contributed by atoms with Gasteiger partial charge < -0.3 is 9.52 Å². The Kier molecular flexibility index (Phi) is 3.40. The van der Waals surface area contributed by atoms with Crippen LogP contribution in [0.1, 0.15) is 21.9 Å². The zero-order chi connectivity index (χ0) is 14.0. The standard InChI is InChI=1S/C10H11N3O5S/c1-6-9(2-8(18-6)10(14)15)19(16,17)13-5-7-3-11-12-4-7/h2-4,13H,5H2,1H3,(H,11,12)(H,14,15). The van der Waals surface area contributed by atoms with E-state index in [4.69, 9.17) is 9.52 Å². The van der Waals surface area contributed by atoms with E-state index in [1.807, 2.05) is 0 Å². The van der Waals surface area contributed by atoms with Gasteiger partial charge in [-0.1, -0.05) is 0 Å². The van der Waals surface area contributed by atoms with Crippen LogP contribution in [0.5, 0.6) is 0 Å². The maximum atomic E-state index is 12.0. The number of H-pyrrole nitrogens is 1. The summed E-state index contributed by atoms with van der Waals surface area (Å²) in [6, 6.07) is 0.982. The lowest BCUT2D eigenvalue weighted by Gasteiger charge is -2.03. The molecule has 0 unspecified atom stereocenters. The largest absolute Gasteiger partial charge is 0.475 e. The number of rotatable bonds is 5. The average molecular weight is 285 g/mol. The summed E-state index contributed by atoms with van der Waals surface area (Å²) in [5.41, 5.74) is 0.656. The van der Waals surface area contributed by atoms with Gasteiger partial charge in [0.1, 0.15) is 10.7 Å². The summed E-state index contributed by atoms with van der Waals surface area (Å²) in [6.45, 7) is 1.44. The van der Waals surface area contributed by atoms with E-state index in [9.17, 15) is 13.2 Å². The Balaban J connectivity index is 2.22. The maximum Gasteiger partial charge on any atom is 0.371 e. The van der Waals surface area contributed by atoms with E-state index >= 15 is 0 Å². The number of sulfonamides is 1. The van der Waals surface area contributed by atoms with Gasteiger partial charge in [0.15, 0.2) is 0 Å². The number of nitrogens with one attached hydrogen (secondary N) is 2. The second-order valence-corrected chi connectivity index (χ2v) is 5.50. The Morgan fingerprint density at radius 2 is 2.32 bits per heavy atom. The van der Waals surface area contributed by atoms with Crippen LogP contribution in [0.15, 0.2) is 27.8 Å². The van der Waals surface area contributed by atoms with Crippen LogP contribution in [0, 0.1) is 6.92 Å². The minimum Gasteiger partial charge on any atom is -0.475 e. The lowest BCUT2D eigenvalue weighted by molar-refractivity contribution is 0.0661. The Hall–Kier alpha value is -2.13. The summed E-state index contributed by atoms with van der Waals surface area (Å²) >= 11 is 0. The van der Waals surface area contributed by atoms with Crippen molar-refractivity contribution in [2.75, 3.05) is 0 Å². The minimum absolute atomic E-state index is 0.0251. The molecule has 0 amide bonds. The monoisotopic (exact) mass is 285 g/mol. The Morgan fingerprint density at radius 1 is 1.58 bits per heavy atom. The number of hydrogen-bond acceptors (Lipinski definition) is 5. The third kappa shape index (κ3) is 2.83. The van der Waals surface area contributed by atoms with Gasteiger partial charge >= 0.3 is 5.97 Å². The third-order valence-electron chi connectivity index (χ3n) is 2.39. The molecule has 2 aromatic rings. The van der Waals surface area contributed by atoms with E-state index in [1.54, 1.807) is 6.20 Å². The van der Waals surface area contributed by atoms with E-state index in [2.05, 4.69) is 14.9 Å². The molecule has 0 aliphatic heterocycles. The summed E-state index contributed by atoms with van der Waals surface area (Å²) in [6.07, 6.45) is 3.03. The summed E-state index contributed by atoms with van der Waals surface area (Å²) in [7, 11) is -3.83.